The number of hydrogen-bond donors (Lipinski definition) is 1. The van der Waals surface area contributed by atoms with Gasteiger partial charge in [-0.1, -0.05) is 6.07 Å². The number of benzene rings is 1. The minimum absolute atomic E-state index is 0.0541. The van der Waals surface area contributed by atoms with Crippen LogP contribution in [-0.2, 0) is 12.7 Å². The highest BCUT2D eigenvalue weighted by Gasteiger charge is 2.37. The van der Waals surface area contributed by atoms with Gasteiger partial charge >= 0.3 is 6.18 Å². The highest BCUT2D eigenvalue weighted by Crippen LogP contribution is 2.32. The zero-order valence-corrected chi connectivity index (χ0v) is 18.6. The summed E-state index contributed by atoms with van der Waals surface area (Å²) >= 11 is 0. The molecule has 1 N–H and O–H groups in total. The minimum atomic E-state index is -4.71. The Labute approximate surface area is 192 Å². The molecule has 0 aliphatic carbocycles. The third-order valence-electron chi connectivity index (χ3n) is 5.04. The van der Waals surface area contributed by atoms with Crippen LogP contribution in [0.5, 0.6) is 0 Å². The van der Waals surface area contributed by atoms with Crippen LogP contribution in [0.2, 0.25) is 0 Å². The molecular weight excluding hydrogens is 447 g/mol. The van der Waals surface area contributed by atoms with Gasteiger partial charge in [-0.15, -0.1) is 0 Å². The minimum Gasteiger partial charge on any atom is -0.346 e. The molecule has 4 aromatic rings. The van der Waals surface area contributed by atoms with Gasteiger partial charge < -0.3 is 5.32 Å². The van der Waals surface area contributed by atoms with Crippen LogP contribution in [0.3, 0.4) is 0 Å². The van der Waals surface area contributed by atoms with E-state index in [9.17, 15) is 18.0 Å². The Bertz CT molecular complexity index is 1330. The maximum absolute atomic E-state index is 13.4. The van der Waals surface area contributed by atoms with E-state index in [0.29, 0.717) is 27.2 Å². The molecule has 8 nitrogen and oxygen atoms in total. The first-order valence-corrected chi connectivity index (χ1v) is 10.2. The number of pyridine rings is 1. The van der Waals surface area contributed by atoms with Gasteiger partial charge in [0.1, 0.15) is 6.33 Å². The van der Waals surface area contributed by atoms with Crippen molar-refractivity contribution in [3.8, 4) is 16.9 Å². The second-order valence-electron chi connectivity index (χ2n) is 7.73. The van der Waals surface area contributed by atoms with E-state index in [1.807, 2.05) is 13.0 Å². The van der Waals surface area contributed by atoms with E-state index in [4.69, 9.17) is 0 Å². The van der Waals surface area contributed by atoms with E-state index in [1.165, 1.54) is 12.1 Å². The first kappa shape index (κ1) is 23.0. The van der Waals surface area contributed by atoms with Crippen molar-refractivity contribution in [3.05, 3.63) is 83.1 Å². The molecule has 3 heterocycles. The van der Waals surface area contributed by atoms with E-state index in [0.717, 1.165) is 17.6 Å². The largest absolute Gasteiger partial charge is 0.451 e. The van der Waals surface area contributed by atoms with Crippen LogP contribution < -0.4 is 5.32 Å². The summed E-state index contributed by atoms with van der Waals surface area (Å²) in [7, 11) is 0. The molecule has 174 valence electrons. The summed E-state index contributed by atoms with van der Waals surface area (Å²) < 4.78 is 40.9. The number of alkyl halides is 3. The second kappa shape index (κ2) is 9.00. The summed E-state index contributed by atoms with van der Waals surface area (Å²) in [6.45, 7) is 5.47. The molecule has 0 aliphatic rings. The van der Waals surface area contributed by atoms with Gasteiger partial charge in [0.2, 0.25) is 5.82 Å². The molecule has 4 rings (SSSR count). The number of nitrogens with zero attached hydrogens (tertiary/aromatic N) is 6. The molecule has 0 saturated carbocycles. The predicted molar refractivity (Wildman–Crippen MR) is 117 cm³/mol. The van der Waals surface area contributed by atoms with Crippen molar-refractivity contribution in [1.29, 1.82) is 0 Å². The smallest absolute Gasteiger partial charge is 0.346 e. The maximum Gasteiger partial charge on any atom is 0.451 e. The monoisotopic (exact) mass is 467 g/mol. The Morgan fingerprint density at radius 3 is 2.44 bits per heavy atom. The summed E-state index contributed by atoms with van der Waals surface area (Å²) in [6, 6.07) is 6.47. The fourth-order valence-electron chi connectivity index (χ4n) is 3.43. The van der Waals surface area contributed by atoms with E-state index in [-0.39, 0.29) is 17.8 Å². The zero-order valence-electron chi connectivity index (χ0n) is 18.6. The summed E-state index contributed by atoms with van der Waals surface area (Å²) in [5.74, 6) is -1.69. The third kappa shape index (κ3) is 4.77. The second-order valence-corrected chi connectivity index (χ2v) is 7.73. The van der Waals surface area contributed by atoms with Gasteiger partial charge in [0.25, 0.3) is 5.91 Å². The zero-order chi connectivity index (χ0) is 24.5. The maximum atomic E-state index is 13.4. The quantitative estimate of drug-likeness (QED) is 0.477. The molecule has 1 amide bonds. The van der Waals surface area contributed by atoms with E-state index in [1.54, 1.807) is 38.5 Å². The summed E-state index contributed by atoms with van der Waals surface area (Å²) in [5.41, 5.74) is 3.98. The molecule has 0 atom stereocenters. The highest BCUT2D eigenvalue weighted by molar-refractivity contribution is 6.01. The summed E-state index contributed by atoms with van der Waals surface area (Å²) in [6.07, 6.45) is 0.894. The Balaban J connectivity index is 1.79. The number of hydrogen-bond acceptors (Lipinski definition) is 6. The number of halogens is 3. The number of amides is 1. The number of nitrogens with one attached hydrogen (secondary N) is 1. The first-order chi connectivity index (χ1) is 16.1. The lowest BCUT2D eigenvalue weighted by atomic mass is 9.96. The topological polar surface area (TPSA) is 98.5 Å². The van der Waals surface area contributed by atoms with Crippen LogP contribution in [0.25, 0.3) is 16.9 Å². The highest BCUT2D eigenvalue weighted by atomic mass is 19.4. The van der Waals surface area contributed by atoms with Gasteiger partial charge in [0.15, 0.2) is 0 Å². The lowest BCUT2D eigenvalue weighted by Gasteiger charge is -2.16. The summed E-state index contributed by atoms with van der Waals surface area (Å²) in [4.78, 5) is 29.4. The summed E-state index contributed by atoms with van der Waals surface area (Å²) in [5, 5.41) is 6.49. The Kier molecular flexibility index (Phi) is 6.10. The molecule has 0 saturated heterocycles. The Morgan fingerprint density at radius 1 is 1.00 bits per heavy atom. The van der Waals surface area contributed by atoms with Crippen molar-refractivity contribution in [2.24, 2.45) is 0 Å². The van der Waals surface area contributed by atoms with Crippen LogP contribution in [0, 0.1) is 20.8 Å². The number of carbonyl (C=O) groups excluding carboxylic acids is 1. The van der Waals surface area contributed by atoms with Crippen LogP contribution in [-0.4, -0.2) is 35.6 Å². The van der Waals surface area contributed by atoms with E-state index in [2.05, 4.69) is 30.4 Å². The van der Waals surface area contributed by atoms with Crippen molar-refractivity contribution >= 4 is 5.91 Å². The number of rotatable bonds is 5. The lowest BCUT2D eigenvalue weighted by molar-refractivity contribution is -0.146. The normalized spacial score (nSPS) is 11.5. The van der Waals surface area contributed by atoms with Crippen molar-refractivity contribution in [3.63, 3.8) is 0 Å². The van der Waals surface area contributed by atoms with Crippen molar-refractivity contribution < 1.29 is 18.0 Å². The standard InChI is InChI=1S/C23H20F3N7O/c1-13-4-5-19(29-8-13)20-14(2)6-17(33-22(23(24,25)26)31-12-32-33)7-18(20)21(34)30-11-16-10-27-15(3)9-28-16/h4-10,12H,11H2,1-3H3,(H,30,34). The number of carbonyl (C=O) groups is 1. The van der Waals surface area contributed by atoms with E-state index < -0.39 is 17.9 Å². The fraction of sp³-hybridized carbons (Fsp3) is 0.217. The Morgan fingerprint density at radius 2 is 1.79 bits per heavy atom. The molecule has 3 aromatic heterocycles. The average Bonchev–Trinajstić information content (AvgIpc) is 3.30. The Hall–Kier alpha value is -4.15. The van der Waals surface area contributed by atoms with Gasteiger partial charge in [-0.2, -0.15) is 18.3 Å². The molecule has 0 radical (unpaired) electrons. The van der Waals surface area contributed by atoms with Crippen LogP contribution in [0.4, 0.5) is 13.2 Å². The number of aryl methyl sites for hydroxylation is 3. The molecule has 0 spiro atoms. The SMILES string of the molecule is Cc1ccc(-c2c(C)cc(-n3ncnc3C(F)(F)F)cc2C(=O)NCc2cnc(C)cn2)nc1. The van der Waals surface area contributed by atoms with Crippen molar-refractivity contribution in [2.75, 3.05) is 0 Å². The average molecular weight is 467 g/mol. The lowest BCUT2D eigenvalue weighted by Crippen LogP contribution is -2.25. The fourth-order valence-corrected chi connectivity index (χ4v) is 3.43. The third-order valence-corrected chi connectivity index (χ3v) is 5.04. The first-order valence-electron chi connectivity index (χ1n) is 10.2. The number of aromatic nitrogens is 6. The van der Waals surface area contributed by atoms with Crippen LogP contribution in [0.1, 0.15) is 38.7 Å². The molecule has 0 aliphatic heterocycles. The molecule has 34 heavy (non-hydrogen) atoms. The predicted octanol–water partition coefficient (Wildman–Crippen LogP) is 3.99. The van der Waals surface area contributed by atoms with Crippen molar-refractivity contribution in [1.82, 2.24) is 35.0 Å². The van der Waals surface area contributed by atoms with Gasteiger partial charge in [0.05, 0.1) is 41.1 Å². The van der Waals surface area contributed by atoms with Gasteiger partial charge in [-0.05, 0) is 50.1 Å². The van der Waals surface area contributed by atoms with Gasteiger partial charge in [0, 0.05) is 18.0 Å². The molecule has 0 fully saturated rings. The van der Waals surface area contributed by atoms with Crippen LogP contribution in [0.15, 0.2) is 49.2 Å². The van der Waals surface area contributed by atoms with Crippen molar-refractivity contribution in [2.45, 2.75) is 33.5 Å². The molecule has 0 unspecified atom stereocenters. The van der Waals surface area contributed by atoms with Gasteiger partial charge in [-0.25, -0.2) is 9.67 Å². The molecule has 1 aromatic carbocycles. The van der Waals surface area contributed by atoms with Gasteiger partial charge in [-0.3, -0.25) is 19.7 Å². The van der Waals surface area contributed by atoms with Crippen LogP contribution >= 0.6 is 0 Å². The van der Waals surface area contributed by atoms with E-state index >= 15 is 0 Å². The molecule has 0 bridgehead atoms. The molecule has 11 heteroatoms. The molecular formula is C23H20F3N7O.